The smallest absolute Gasteiger partial charge is 0.208 e. The van der Waals surface area contributed by atoms with Crippen LogP contribution in [0.5, 0.6) is 5.75 Å². The number of rotatable bonds is 3. The van der Waals surface area contributed by atoms with Gasteiger partial charge in [-0.1, -0.05) is 0 Å². The minimum atomic E-state index is 0.615. The number of pyridine rings is 1. The second kappa shape index (κ2) is 4.48. The monoisotopic (exact) mass is 280 g/mol. The standard InChI is InChI=1S/C14H12N6O/c1-21-8-2-3-9-11(6-8)18-13(16-9)20-14-17-10-4-5-15-7-12(10)19-14/h2-7H,1H3,(H3,16,17,18,19,20). The third-order valence-corrected chi connectivity index (χ3v) is 3.21. The predicted molar refractivity (Wildman–Crippen MR) is 79.8 cm³/mol. The first-order valence-corrected chi connectivity index (χ1v) is 6.42. The van der Waals surface area contributed by atoms with Crippen LogP contribution in [0.15, 0.2) is 36.7 Å². The average Bonchev–Trinajstić information content (AvgIpc) is 3.08. The Morgan fingerprint density at radius 2 is 1.76 bits per heavy atom. The zero-order chi connectivity index (χ0) is 14.2. The van der Waals surface area contributed by atoms with Gasteiger partial charge in [-0.15, -0.1) is 0 Å². The first-order valence-electron chi connectivity index (χ1n) is 6.42. The van der Waals surface area contributed by atoms with Crippen molar-refractivity contribution in [1.82, 2.24) is 24.9 Å². The summed E-state index contributed by atoms with van der Waals surface area (Å²) in [6, 6.07) is 7.52. The van der Waals surface area contributed by atoms with Crippen molar-refractivity contribution in [2.45, 2.75) is 0 Å². The lowest BCUT2D eigenvalue weighted by atomic mass is 10.3. The molecule has 0 saturated heterocycles. The van der Waals surface area contributed by atoms with Gasteiger partial charge in [0.25, 0.3) is 0 Å². The van der Waals surface area contributed by atoms with E-state index in [0.29, 0.717) is 11.9 Å². The molecule has 0 aliphatic carbocycles. The number of anilines is 2. The Bertz CT molecular complexity index is 892. The summed E-state index contributed by atoms with van der Waals surface area (Å²) in [7, 11) is 1.64. The molecule has 0 fully saturated rings. The molecular formula is C14H12N6O. The number of hydrogen-bond acceptors (Lipinski definition) is 5. The molecule has 0 amide bonds. The summed E-state index contributed by atoms with van der Waals surface area (Å²) in [6.07, 6.45) is 3.44. The number of nitrogens with one attached hydrogen (secondary N) is 3. The van der Waals surface area contributed by atoms with E-state index in [2.05, 4.69) is 30.2 Å². The topological polar surface area (TPSA) is 91.5 Å². The molecule has 0 spiro atoms. The Morgan fingerprint density at radius 1 is 1.00 bits per heavy atom. The highest BCUT2D eigenvalue weighted by Gasteiger charge is 2.07. The van der Waals surface area contributed by atoms with Gasteiger partial charge in [0.05, 0.1) is 35.4 Å². The number of H-pyrrole nitrogens is 2. The van der Waals surface area contributed by atoms with E-state index in [4.69, 9.17) is 4.74 Å². The largest absolute Gasteiger partial charge is 0.497 e. The number of imidazole rings is 2. The molecule has 7 nitrogen and oxygen atoms in total. The number of fused-ring (bicyclic) bond motifs is 2. The van der Waals surface area contributed by atoms with Crippen molar-refractivity contribution in [1.29, 1.82) is 0 Å². The summed E-state index contributed by atoms with van der Waals surface area (Å²) < 4.78 is 5.20. The van der Waals surface area contributed by atoms with E-state index in [0.717, 1.165) is 27.8 Å². The quantitative estimate of drug-likeness (QED) is 0.536. The number of ether oxygens (including phenoxy) is 1. The third kappa shape index (κ3) is 2.04. The van der Waals surface area contributed by atoms with E-state index >= 15 is 0 Å². The molecule has 1 aromatic carbocycles. The van der Waals surface area contributed by atoms with E-state index < -0.39 is 0 Å². The lowest BCUT2D eigenvalue weighted by Crippen LogP contribution is -1.93. The van der Waals surface area contributed by atoms with Gasteiger partial charge in [-0.05, 0) is 18.2 Å². The Labute approximate surface area is 119 Å². The molecule has 4 aromatic rings. The fraction of sp³-hybridized carbons (Fsp3) is 0.0714. The highest BCUT2D eigenvalue weighted by atomic mass is 16.5. The number of aromatic amines is 2. The molecule has 3 heterocycles. The Kier molecular flexibility index (Phi) is 2.50. The van der Waals surface area contributed by atoms with E-state index in [1.807, 2.05) is 24.3 Å². The van der Waals surface area contributed by atoms with Gasteiger partial charge in [-0.3, -0.25) is 10.3 Å². The summed E-state index contributed by atoms with van der Waals surface area (Å²) in [6.45, 7) is 0. The lowest BCUT2D eigenvalue weighted by Gasteiger charge is -1.96. The zero-order valence-corrected chi connectivity index (χ0v) is 11.2. The summed E-state index contributed by atoms with van der Waals surface area (Å²) >= 11 is 0. The lowest BCUT2D eigenvalue weighted by molar-refractivity contribution is 0.415. The van der Waals surface area contributed by atoms with Gasteiger partial charge >= 0.3 is 0 Å². The summed E-state index contributed by atoms with van der Waals surface area (Å²) in [5, 5.41) is 3.12. The highest BCUT2D eigenvalue weighted by molar-refractivity contribution is 5.81. The van der Waals surface area contributed by atoms with Gasteiger partial charge < -0.3 is 14.7 Å². The molecule has 104 valence electrons. The normalized spacial score (nSPS) is 11.1. The first-order chi connectivity index (χ1) is 10.3. The molecule has 7 heteroatoms. The third-order valence-electron chi connectivity index (χ3n) is 3.21. The van der Waals surface area contributed by atoms with E-state index in [1.165, 1.54) is 0 Å². The second-order valence-corrected chi connectivity index (χ2v) is 4.57. The molecule has 3 aromatic heterocycles. The van der Waals surface area contributed by atoms with Crippen LogP contribution < -0.4 is 10.1 Å². The number of nitrogens with zero attached hydrogens (tertiary/aromatic N) is 3. The Morgan fingerprint density at radius 3 is 2.52 bits per heavy atom. The molecule has 0 aliphatic heterocycles. The van der Waals surface area contributed by atoms with Crippen LogP contribution in [0.25, 0.3) is 22.1 Å². The molecule has 3 N–H and O–H groups in total. The van der Waals surface area contributed by atoms with Crippen molar-refractivity contribution in [3.8, 4) is 5.75 Å². The van der Waals surface area contributed by atoms with Gasteiger partial charge in [0.2, 0.25) is 11.9 Å². The minimum Gasteiger partial charge on any atom is -0.497 e. The summed E-state index contributed by atoms with van der Waals surface area (Å²) in [5.74, 6) is 2.02. The maximum Gasteiger partial charge on any atom is 0.208 e. The molecule has 4 rings (SSSR count). The SMILES string of the molecule is COc1ccc2nc(Nc3nc4ccncc4[nH]3)[nH]c2c1. The van der Waals surface area contributed by atoms with Crippen molar-refractivity contribution in [2.24, 2.45) is 0 Å². The molecule has 0 unspecified atom stereocenters. The molecule has 0 saturated carbocycles. The maximum atomic E-state index is 5.20. The van der Waals surface area contributed by atoms with Crippen LogP contribution in [-0.2, 0) is 0 Å². The predicted octanol–water partition coefficient (Wildman–Crippen LogP) is 2.59. The highest BCUT2D eigenvalue weighted by Crippen LogP contribution is 2.22. The molecule has 0 atom stereocenters. The van der Waals surface area contributed by atoms with Crippen molar-refractivity contribution >= 4 is 34.0 Å². The van der Waals surface area contributed by atoms with Gasteiger partial charge in [-0.25, -0.2) is 9.97 Å². The Balaban J connectivity index is 1.69. The number of methoxy groups -OCH3 is 1. The van der Waals surface area contributed by atoms with Gasteiger partial charge in [-0.2, -0.15) is 0 Å². The zero-order valence-electron chi connectivity index (χ0n) is 11.2. The number of hydrogen-bond donors (Lipinski definition) is 3. The number of aromatic nitrogens is 5. The van der Waals surface area contributed by atoms with Crippen LogP contribution in [0.1, 0.15) is 0 Å². The molecule has 0 radical (unpaired) electrons. The van der Waals surface area contributed by atoms with E-state index in [1.54, 1.807) is 19.5 Å². The Hall–Kier alpha value is -3.09. The van der Waals surface area contributed by atoms with Crippen LogP contribution in [0.3, 0.4) is 0 Å². The maximum absolute atomic E-state index is 5.20. The number of benzene rings is 1. The molecular weight excluding hydrogens is 268 g/mol. The fourth-order valence-electron chi connectivity index (χ4n) is 2.20. The summed E-state index contributed by atoms with van der Waals surface area (Å²) in [4.78, 5) is 19.3. The van der Waals surface area contributed by atoms with E-state index in [-0.39, 0.29) is 0 Å². The van der Waals surface area contributed by atoms with Crippen LogP contribution in [0.2, 0.25) is 0 Å². The molecule has 21 heavy (non-hydrogen) atoms. The average molecular weight is 280 g/mol. The molecule has 0 bridgehead atoms. The van der Waals surface area contributed by atoms with Gasteiger partial charge in [0.1, 0.15) is 5.75 Å². The van der Waals surface area contributed by atoms with Crippen LogP contribution in [0.4, 0.5) is 11.9 Å². The molecule has 0 aliphatic rings. The van der Waals surface area contributed by atoms with Crippen LogP contribution in [-0.4, -0.2) is 32.0 Å². The summed E-state index contributed by atoms with van der Waals surface area (Å²) in [5.41, 5.74) is 3.48. The van der Waals surface area contributed by atoms with Gasteiger partial charge in [0, 0.05) is 12.3 Å². The minimum absolute atomic E-state index is 0.615. The van der Waals surface area contributed by atoms with Crippen molar-refractivity contribution < 1.29 is 4.74 Å². The van der Waals surface area contributed by atoms with E-state index in [9.17, 15) is 0 Å². The van der Waals surface area contributed by atoms with Crippen molar-refractivity contribution in [3.63, 3.8) is 0 Å². The second-order valence-electron chi connectivity index (χ2n) is 4.57. The van der Waals surface area contributed by atoms with Crippen LogP contribution in [0, 0.1) is 0 Å². The first kappa shape index (κ1) is 11.7. The van der Waals surface area contributed by atoms with Crippen molar-refractivity contribution in [2.75, 3.05) is 12.4 Å². The van der Waals surface area contributed by atoms with Gasteiger partial charge in [0.15, 0.2) is 0 Å². The fourth-order valence-corrected chi connectivity index (χ4v) is 2.20. The van der Waals surface area contributed by atoms with Crippen LogP contribution >= 0.6 is 0 Å². The van der Waals surface area contributed by atoms with Crippen molar-refractivity contribution in [3.05, 3.63) is 36.7 Å².